The van der Waals surface area contributed by atoms with Gasteiger partial charge in [-0.3, -0.25) is 24.2 Å². The van der Waals surface area contributed by atoms with Crippen molar-refractivity contribution >= 4 is 18.4 Å². The first-order valence-electron chi connectivity index (χ1n) is 7.54. The lowest BCUT2D eigenvalue weighted by atomic mass is 10.3. The van der Waals surface area contributed by atoms with Crippen LogP contribution >= 0.6 is 12.2 Å². The van der Waals surface area contributed by atoms with Gasteiger partial charge in [0, 0.05) is 31.9 Å². The van der Waals surface area contributed by atoms with Crippen LogP contribution in [0.1, 0.15) is 24.4 Å². The van der Waals surface area contributed by atoms with Gasteiger partial charge in [-0.05, 0) is 25.1 Å². The summed E-state index contributed by atoms with van der Waals surface area (Å²) >= 11 is 5.11. The Bertz CT molecular complexity index is 672. The number of hydrogen-bond donors (Lipinski definition) is 2. The molecular weight excluding hydrogens is 304 g/mol. The third kappa shape index (κ3) is 3.45. The molecule has 0 aromatic carbocycles. The predicted octanol–water partition coefficient (Wildman–Crippen LogP) is 0.697. The second-order valence-corrected chi connectivity index (χ2v) is 5.97. The number of H-pyrrole nitrogens is 1. The van der Waals surface area contributed by atoms with E-state index >= 15 is 0 Å². The van der Waals surface area contributed by atoms with Gasteiger partial charge < -0.3 is 9.84 Å². The van der Waals surface area contributed by atoms with E-state index in [9.17, 15) is 9.90 Å². The normalized spacial score (nSPS) is 19.8. The second-order valence-electron chi connectivity index (χ2n) is 5.59. The Kier molecular flexibility index (Phi) is 4.70. The van der Waals surface area contributed by atoms with E-state index in [-0.39, 0.29) is 22.3 Å². The molecule has 120 valence electrons. The zero-order valence-corrected chi connectivity index (χ0v) is 13.1. The van der Waals surface area contributed by atoms with Gasteiger partial charge in [0.15, 0.2) is 4.77 Å². The number of nitrogens with zero attached hydrogens (tertiary/aromatic N) is 3. The molecule has 0 atom stereocenters. The summed E-state index contributed by atoms with van der Waals surface area (Å²) in [6.07, 6.45) is 3.39. The highest BCUT2D eigenvalue weighted by atomic mass is 32.1. The molecule has 2 heterocycles. The van der Waals surface area contributed by atoms with E-state index in [0.717, 1.165) is 45.7 Å². The lowest BCUT2D eigenvalue weighted by Crippen LogP contribution is -2.37. The molecule has 3 rings (SSSR count). The van der Waals surface area contributed by atoms with Crippen molar-refractivity contribution in [1.29, 1.82) is 0 Å². The van der Waals surface area contributed by atoms with Crippen molar-refractivity contribution in [1.82, 2.24) is 14.5 Å². The Hall–Kier alpha value is -1.51. The number of aliphatic imine (C=N–C) groups is 1. The van der Waals surface area contributed by atoms with E-state index in [1.165, 1.54) is 6.21 Å². The lowest BCUT2D eigenvalue weighted by molar-refractivity contribution is 0.0395. The van der Waals surface area contributed by atoms with Crippen LogP contribution < -0.4 is 5.56 Å². The summed E-state index contributed by atoms with van der Waals surface area (Å²) in [4.78, 5) is 21.1. The van der Waals surface area contributed by atoms with E-state index < -0.39 is 5.56 Å². The molecule has 8 heteroatoms. The number of rotatable bonds is 5. The Balaban J connectivity index is 1.69. The molecule has 1 aromatic rings. The monoisotopic (exact) mass is 324 g/mol. The van der Waals surface area contributed by atoms with Crippen LogP contribution in [-0.4, -0.2) is 65.2 Å². The maximum Gasteiger partial charge on any atom is 0.264 e. The molecular formula is C14H20N4O3S. The van der Waals surface area contributed by atoms with Crippen molar-refractivity contribution in [3.63, 3.8) is 0 Å². The van der Waals surface area contributed by atoms with Gasteiger partial charge in [0.05, 0.1) is 19.8 Å². The van der Waals surface area contributed by atoms with E-state index in [2.05, 4.69) is 14.9 Å². The van der Waals surface area contributed by atoms with E-state index in [4.69, 9.17) is 17.0 Å². The molecule has 0 radical (unpaired) electrons. The molecule has 22 heavy (non-hydrogen) atoms. The molecule has 1 aromatic heterocycles. The van der Waals surface area contributed by atoms with Crippen molar-refractivity contribution < 1.29 is 9.84 Å². The molecule has 2 aliphatic rings. The van der Waals surface area contributed by atoms with E-state index in [0.29, 0.717) is 6.54 Å². The molecule has 1 aliphatic heterocycles. The molecule has 2 N–H and O–H groups in total. The molecule has 1 saturated heterocycles. The fourth-order valence-corrected chi connectivity index (χ4v) is 2.85. The van der Waals surface area contributed by atoms with Crippen molar-refractivity contribution in [2.75, 3.05) is 39.4 Å². The molecule has 1 saturated carbocycles. The van der Waals surface area contributed by atoms with Gasteiger partial charge in [0.25, 0.3) is 5.56 Å². The summed E-state index contributed by atoms with van der Waals surface area (Å²) in [5.74, 6) is -0.0774. The highest BCUT2D eigenvalue weighted by Crippen LogP contribution is 2.37. The Morgan fingerprint density at radius 2 is 2.14 bits per heavy atom. The number of aromatic amines is 1. The summed E-state index contributed by atoms with van der Waals surface area (Å²) in [7, 11) is 0. The smallest absolute Gasteiger partial charge is 0.264 e. The largest absolute Gasteiger partial charge is 0.494 e. The zero-order chi connectivity index (χ0) is 15.5. The standard InChI is InChI=1S/C14H20N4O3S/c19-12-11(9-15-3-4-17-5-7-21-8-6-17)13(20)18(10-1-2-10)14(22)16-12/h9-10,20H,1-8H2,(H,16,19,22). The van der Waals surface area contributed by atoms with Gasteiger partial charge in [-0.25, -0.2) is 0 Å². The Morgan fingerprint density at radius 1 is 1.41 bits per heavy atom. The van der Waals surface area contributed by atoms with Gasteiger partial charge in [0.1, 0.15) is 5.56 Å². The first-order chi connectivity index (χ1) is 10.7. The molecule has 2 fully saturated rings. The van der Waals surface area contributed by atoms with Crippen LogP contribution in [0.2, 0.25) is 0 Å². The summed E-state index contributed by atoms with van der Waals surface area (Å²) in [6, 6.07) is 0.199. The summed E-state index contributed by atoms with van der Waals surface area (Å²) < 4.78 is 7.17. The Labute approximate surface area is 133 Å². The first-order valence-corrected chi connectivity index (χ1v) is 7.95. The van der Waals surface area contributed by atoms with Crippen LogP contribution in [0, 0.1) is 4.77 Å². The topological polar surface area (TPSA) is 82.8 Å². The van der Waals surface area contributed by atoms with Crippen LogP contribution in [0.4, 0.5) is 0 Å². The highest BCUT2D eigenvalue weighted by Gasteiger charge is 2.27. The second kappa shape index (κ2) is 6.72. The zero-order valence-electron chi connectivity index (χ0n) is 12.3. The van der Waals surface area contributed by atoms with Crippen LogP contribution in [0.5, 0.6) is 5.88 Å². The summed E-state index contributed by atoms with van der Waals surface area (Å²) in [5.41, 5.74) is -0.211. The fourth-order valence-electron chi connectivity index (χ4n) is 2.52. The van der Waals surface area contributed by atoms with Crippen LogP contribution in [0.3, 0.4) is 0 Å². The number of hydrogen-bond acceptors (Lipinski definition) is 6. The number of aromatic nitrogens is 2. The van der Waals surface area contributed by atoms with E-state index in [1.54, 1.807) is 4.57 Å². The van der Waals surface area contributed by atoms with Crippen LogP contribution in [0.25, 0.3) is 0 Å². The third-order valence-electron chi connectivity index (χ3n) is 3.93. The summed E-state index contributed by atoms with van der Waals surface area (Å²) in [6.45, 7) is 4.73. The van der Waals surface area contributed by atoms with Gasteiger partial charge in [-0.2, -0.15) is 0 Å². The van der Waals surface area contributed by atoms with Gasteiger partial charge in [0.2, 0.25) is 5.88 Å². The predicted molar refractivity (Wildman–Crippen MR) is 85.5 cm³/mol. The summed E-state index contributed by atoms with van der Waals surface area (Å²) in [5, 5.41) is 10.3. The van der Waals surface area contributed by atoms with Crippen molar-refractivity contribution in [2.24, 2.45) is 4.99 Å². The average Bonchev–Trinajstić information content (AvgIpc) is 3.32. The van der Waals surface area contributed by atoms with Crippen LogP contribution in [-0.2, 0) is 4.74 Å². The minimum Gasteiger partial charge on any atom is -0.494 e. The first kappa shape index (κ1) is 15.4. The quantitative estimate of drug-likeness (QED) is 0.615. The highest BCUT2D eigenvalue weighted by molar-refractivity contribution is 7.71. The number of nitrogens with one attached hydrogen (secondary N) is 1. The lowest BCUT2D eigenvalue weighted by Gasteiger charge is -2.25. The minimum absolute atomic E-state index is 0.0774. The van der Waals surface area contributed by atoms with Crippen LogP contribution in [0.15, 0.2) is 9.79 Å². The number of morpholine rings is 1. The van der Waals surface area contributed by atoms with Gasteiger partial charge in [-0.15, -0.1) is 0 Å². The minimum atomic E-state index is -0.394. The maximum atomic E-state index is 11.9. The maximum absolute atomic E-state index is 11.9. The number of ether oxygens (including phenoxy) is 1. The molecule has 0 bridgehead atoms. The molecule has 0 amide bonds. The third-order valence-corrected chi connectivity index (χ3v) is 4.23. The van der Waals surface area contributed by atoms with E-state index in [1.807, 2.05) is 0 Å². The Morgan fingerprint density at radius 3 is 2.82 bits per heavy atom. The SMILES string of the molecule is O=c1[nH]c(=S)n(C2CC2)c(O)c1C=NCCN1CCOCC1. The van der Waals surface area contributed by atoms with Gasteiger partial charge in [-0.1, -0.05) is 0 Å². The average molecular weight is 324 g/mol. The fraction of sp³-hybridized carbons (Fsp3) is 0.643. The van der Waals surface area contributed by atoms with Gasteiger partial charge >= 0.3 is 0 Å². The van der Waals surface area contributed by atoms with Crippen molar-refractivity contribution in [2.45, 2.75) is 18.9 Å². The molecule has 0 unspecified atom stereocenters. The molecule has 7 nitrogen and oxygen atoms in total. The molecule has 0 spiro atoms. The number of aromatic hydroxyl groups is 1. The van der Waals surface area contributed by atoms with Crippen molar-refractivity contribution in [3.05, 3.63) is 20.7 Å². The van der Waals surface area contributed by atoms with Crippen molar-refractivity contribution in [3.8, 4) is 5.88 Å². The molecule has 1 aliphatic carbocycles.